The first-order valence-electron chi connectivity index (χ1n) is 5.75. The van der Waals surface area contributed by atoms with Gasteiger partial charge in [-0.2, -0.15) is 0 Å². The molecule has 0 aromatic heterocycles. The summed E-state index contributed by atoms with van der Waals surface area (Å²) in [7, 11) is 0. The zero-order valence-electron chi connectivity index (χ0n) is 10.3. The van der Waals surface area contributed by atoms with E-state index >= 15 is 0 Å². The lowest BCUT2D eigenvalue weighted by Crippen LogP contribution is -2.17. The summed E-state index contributed by atoms with van der Waals surface area (Å²) in [5, 5.41) is 2.25. The summed E-state index contributed by atoms with van der Waals surface area (Å²) >= 11 is 0. The molecule has 2 rings (SSSR count). The van der Waals surface area contributed by atoms with Gasteiger partial charge in [-0.15, -0.1) is 0 Å². The van der Waals surface area contributed by atoms with Crippen LogP contribution in [0.4, 0.5) is 24.5 Å². The summed E-state index contributed by atoms with van der Waals surface area (Å²) in [5.74, 6) is -3.52. The highest BCUT2D eigenvalue weighted by atomic mass is 19.2. The van der Waals surface area contributed by atoms with Crippen molar-refractivity contribution in [3.63, 3.8) is 0 Å². The quantitative estimate of drug-likeness (QED) is 0.849. The summed E-state index contributed by atoms with van der Waals surface area (Å²) in [6, 6.07) is 7.47. The van der Waals surface area contributed by atoms with Crippen LogP contribution in [0.3, 0.4) is 0 Å². The molecule has 0 spiro atoms. The Morgan fingerprint density at radius 3 is 2.40 bits per heavy atom. The summed E-state index contributed by atoms with van der Waals surface area (Å²) < 4.78 is 39.9. The standard InChI is InChI=1S/C14H11F3N2O/c15-9-4-1-3-8(13(9)17)7-12(20)19-14-10(16)5-2-6-11(14)18/h1-6H,7,18H2,(H,19,20). The second-order valence-electron chi connectivity index (χ2n) is 4.14. The van der Waals surface area contributed by atoms with Gasteiger partial charge in [0, 0.05) is 5.56 Å². The van der Waals surface area contributed by atoms with Crippen LogP contribution in [0, 0.1) is 17.5 Å². The molecule has 0 saturated carbocycles. The van der Waals surface area contributed by atoms with Gasteiger partial charge >= 0.3 is 0 Å². The molecule has 104 valence electrons. The molecule has 1 amide bonds. The Morgan fingerprint density at radius 1 is 1.05 bits per heavy atom. The third-order valence-corrected chi connectivity index (χ3v) is 2.69. The number of nitrogen functional groups attached to an aromatic ring is 1. The fourth-order valence-corrected chi connectivity index (χ4v) is 1.71. The van der Waals surface area contributed by atoms with Crippen LogP contribution in [0.5, 0.6) is 0 Å². The molecular weight excluding hydrogens is 269 g/mol. The number of nitrogens with two attached hydrogens (primary N) is 1. The van der Waals surface area contributed by atoms with Gasteiger partial charge in [0.2, 0.25) is 5.91 Å². The minimum absolute atomic E-state index is 0.0538. The van der Waals surface area contributed by atoms with Crippen LogP contribution >= 0.6 is 0 Å². The molecule has 0 fully saturated rings. The van der Waals surface area contributed by atoms with Gasteiger partial charge in [-0.1, -0.05) is 18.2 Å². The first-order chi connectivity index (χ1) is 9.49. The number of amides is 1. The number of anilines is 2. The second-order valence-corrected chi connectivity index (χ2v) is 4.14. The van der Waals surface area contributed by atoms with Gasteiger partial charge in [-0.05, 0) is 18.2 Å². The van der Waals surface area contributed by atoms with Crippen LogP contribution in [0.1, 0.15) is 5.56 Å². The molecule has 2 aromatic rings. The van der Waals surface area contributed by atoms with E-state index in [1.807, 2.05) is 0 Å². The SMILES string of the molecule is Nc1cccc(F)c1NC(=O)Cc1cccc(F)c1F. The highest BCUT2D eigenvalue weighted by Gasteiger charge is 2.14. The normalized spacial score (nSPS) is 10.3. The minimum Gasteiger partial charge on any atom is -0.397 e. The molecule has 3 N–H and O–H groups in total. The first-order valence-corrected chi connectivity index (χ1v) is 5.75. The van der Waals surface area contributed by atoms with Crippen LogP contribution in [0.15, 0.2) is 36.4 Å². The molecule has 0 aliphatic heterocycles. The highest BCUT2D eigenvalue weighted by molar-refractivity contribution is 5.95. The Balaban J connectivity index is 2.16. The topological polar surface area (TPSA) is 55.1 Å². The maximum atomic E-state index is 13.5. The molecule has 0 unspecified atom stereocenters. The van der Waals surface area contributed by atoms with Gasteiger partial charge < -0.3 is 11.1 Å². The van der Waals surface area contributed by atoms with Crippen molar-refractivity contribution in [2.45, 2.75) is 6.42 Å². The van der Waals surface area contributed by atoms with E-state index in [0.717, 1.165) is 12.1 Å². The molecule has 0 radical (unpaired) electrons. The van der Waals surface area contributed by atoms with Crippen molar-refractivity contribution in [1.29, 1.82) is 0 Å². The smallest absolute Gasteiger partial charge is 0.229 e. The van der Waals surface area contributed by atoms with Crippen LogP contribution in [0.25, 0.3) is 0 Å². The van der Waals surface area contributed by atoms with Crippen molar-refractivity contribution in [1.82, 2.24) is 0 Å². The average Bonchev–Trinajstić information content (AvgIpc) is 2.39. The Hall–Kier alpha value is -2.50. The third-order valence-electron chi connectivity index (χ3n) is 2.69. The molecule has 0 heterocycles. The van der Waals surface area contributed by atoms with Crippen molar-refractivity contribution in [2.24, 2.45) is 0 Å². The van der Waals surface area contributed by atoms with Crippen molar-refractivity contribution in [3.8, 4) is 0 Å². The minimum atomic E-state index is -1.09. The van der Waals surface area contributed by atoms with Crippen molar-refractivity contribution in [3.05, 3.63) is 59.4 Å². The lowest BCUT2D eigenvalue weighted by Gasteiger charge is -2.09. The van der Waals surface area contributed by atoms with Gasteiger partial charge in [-0.3, -0.25) is 4.79 Å². The predicted octanol–water partition coefficient (Wildman–Crippen LogP) is 2.87. The fourth-order valence-electron chi connectivity index (χ4n) is 1.71. The maximum absolute atomic E-state index is 13.5. The molecule has 20 heavy (non-hydrogen) atoms. The van der Waals surface area contributed by atoms with E-state index in [-0.39, 0.29) is 16.9 Å². The van der Waals surface area contributed by atoms with E-state index in [0.29, 0.717) is 0 Å². The second kappa shape index (κ2) is 5.64. The van der Waals surface area contributed by atoms with Crippen LogP contribution in [-0.2, 0) is 11.2 Å². The Kier molecular flexibility index (Phi) is 3.93. The molecule has 3 nitrogen and oxygen atoms in total. The molecule has 2 aromatic carbocycles. The van der Waals surface area contributed by atoms with Crippen LogP contribution in [0.2, 0.25) is 0 Å². The van der Waals surface area contributed by atoms with Gasteiger partial charge in [-0.25, -0.2) is 13.2 Å². The van der Waals surface area contributed by atoms with Gasteiger partial charge in [0.25, 0.3) is 0 Å². The number of rotatable bonds is 3. The number of hydrogen-bond acceptors (Lipinski definition) is 2. The molecule has 0 atom stereocenters. The average molecular weight is 280 g/mol. The zero-order chi connectivity index (χ0) is 14.7. The first kappa shape index (κ1) is 13.9. The summed E-state index contributed by atoms with van der Waals surface area (Å²) in [5.41, 5.74) is 5.30. The zero-order valence-corrected chi connectivity index (χ0v) is 10.3. The van der Waals surface area contributed by atoms with E-state index in [9.17, 15) is 18.0 Å². The molecule has 0 aliphatic rings. The summed E-state index contributed by atoms with van der Waals surface area (Å²) in [6.45, 7) is 0. The van der Waals surface area contributed by atoms with E-state index in [1.165, 1.54) is 24.3 Å². The van der Waals surface area contributed by atoms with E-state index < -0.39 is 29.8 Å². The van der Waals surface area contributed by atoms with E-state index in [2.05, 4.69) is 5.32 Å². The number of benzene rings is 2. The van der Waals surface area contributed by atoms with Crippen molar-refractivity contribution in [2.75, 3.05) is 11.1 Å². The van der Waals surface area contributed by atoms with Crippen molar-refractivity contribution >= 4 is 17.3 Å². The third kappa shape index (κ3) is 2.90. The summed E-state index contributed by atoms with van der Waals surface area (Å²) in [6.07, 6.45) is -0.419. The molecular formula is C14H11F3N2O. The number of carbonyl (C=O) groups is 1. The Morgan fingerprint density at radius 2 is 1.70 bits per heavy atom. The molecule has 6 heteroatoms. The summed E-state index contributed by atoms with van der Waals surface area (Å²) in [4.78, 5) is 11.7. The van der Waals surface area contributed by atoms with Crippen LogP contribution < -0.4 is 11.1 Å². The van der Waals surface area contributed by atoms with Crippen molar-refractivity contribution < 1.29 is 18.0 Å². The van der Waals surface area contributed by atoms with E-state index in [1.54, 1.807) is 0 Å². The number of hydrogen-bond donors (Lipinski definition) is 2. The highest BCUT2D eigenvalue weighted by Crippen LogP contribution is 2.22. The number of halogens is 3. The molecule has 0 saturated heterocycles. The van der Waals surface area contributed by atoms with Crippen LogP contribution in [-0.4, -0.2) is 5.91 Å². The lowest BCUT2D eigenvalue weighted by molar-refractivity contribution is -0.115. The molecule has 0 aliphatic carbocycles. The largest absolute Gasteiger partial charge is 0.397 e. The van der Waals surface area contributed by atoms with Gasteiger partial charge in [0.15, 0.2) is 11.6 Å². The van der Waals surface area contributed by atoms with Gasteiger partial charge in [0.05, 0.1) is 12.1 Å². The maximum Gasteiger partial charge on any atom is 0.229 e. The number of carbonyl (C=O) groups excluding carboxylic acids is 1. The Bertz CT molecular complexity index is 639. The molecule has 0 bridgehead atoms. The lowest BCUT2D eigenvalue weighted by atomic mass is 10.1. The monoisotopic (exact) mass is 280 g/mol. The van der Waals surface area contributed by atoms with E-state index in [4.69, 9.17) is 5.73 Å². The number of para-hydroxylation sites is 1. The number of nitrogens with one attached hydrogen (secondary N) is 1. The fraction of sp³-hybridized carbons (Fsp3) is 0.0714. The predicted molar refractivity (Wildman–Crippen MR) is 69.5 cm³/mol. The van der Waals surface area contributed by atoms with Gasteiger partial charge in [0.1, 0.15) is 11.5 Å². The Labute approximate surface area is 113 Å².